The molecule has 0 aliphatic carbocycles. The number of halogens is 2. The van der Waals surface area contributed by atoms with Gasteiger partial charge in [0.2, 0.25) is 5.91 Å². The minimum Gasteiger partial charge on any atom is -0.493 e. The minimum absolute atomic E-state index is 0.0212. The summed E-state index contributed by atoms with van der Waals surface area (Å²) in [6.45, 7) is 0.0781. The van der Waals surface area contributed by atoms with Crippen molar-refractivity contribution in [1.29, 1.82) is 0 Å². The summed E-state index contributed by atoms with van der Waals surface area (Å²) in [5.41, 5.74) is 6.65. The third-order valence-corrected chi connectivity index (χ3v) is 5.71. The van der Waals surface area contributed by atoms with E-state index in [1.807, 2.05) is 0 Å². The molecule has 202 valence electrons. The molecule has 9 nitrogen and oxygen atoms in total. The van der Waals surface area contributed by atoms with E-state index in [-0.39, 0.29) is 25.1 Å². The number of ether oxygens (including phenoxy) is 3. The lowest BCUT2D eigenvalue weighted by Gasteiger charge is -2.14. The molecule has 0 aliphatic rings. The number of carbonyl (C=O) groups excluding carboxylic acids is 1. The third-order valence-electron chi connectivity index (χ3n) is 5.71. The number of pyridine rings is 1. The van der Waals surface area contributed by atoms with Crippen LogP contribution in [-0.2, 0) is 16.0 Å². The van der Waals surface area contributed by atoms with Crippen molar-refractivity contribution in [2.75, 3.05) is 19.0 Å². The number of nitrogens with one attached hydrogen (secondary N) is 1. The predicted octanol–water partition coefficient (Wildman–Crippen LogP) is 4.68. The Bertz CT molecular complexity index is 1500. The summed E-state index contributed by atoms with van der Waals surface area (Å²) in [7, 11) is 1.48. The molecule has 4 rings (SSSR count). The van der Waals surface area contributed by atoms with E-state index >= 15 is 0 Å². The number of hydrogen-bond acceptors (Lipinski definition) is 7. The SMILES string of the molecule is COc1cc2c(Oc3ccc(CC(=O)Nc4ccc(F)cc4F)cc3)ccnc2cc1OCC[C@H](N)C(=O)O. The van der Waals surface area contributed by atoms with Gasteiger partial charge in [0.25, 0.3) is 0 Å². The van der Waals surface area contributed by atoms with Crippen LogP contribution < -0.4 is 25.3 Å². The van der Waals surface area contributed by atoms with Crippen molar-refractivity contribution in [2.45, 2.75) is 18.9 Å². The first-order valence-electron chi connectivity index (χ1n) is 11.8. The largest absolute Gasteiger partial charge is 0.493 e. The summed E-state index contributed by atoms with van der Waals surface area (Å²) in [4.78, 5) is 27.6. The fourth-order valence-electron chi connectivity index (χ4n) is 3.68. The normalized spacial score (nSPS) is 11.6. The van der Waals surface area contributed by atoms with Crippen LogP contribution in [-0.4, -0.2) is 41.7 Å². The van der Waals surface area contributed by atoms with Crippen molar-refractivity contribution in [3.05, 3.63) is 84.1 Å². The number of benzene rings is 3. The number of hydrogen-bond donors (Lipinski definition) is 3. The van der Waals surface area contributed by atoms with Crippen LogP contribution in [0.2, 0.25) is 0 Å². The molecule has 0 fully saturated rings. The second-order valence-corrected chi connectivity index (χ2v) is 8.51. The average molecular weight is 538 g/mol. The lowest BCUT2D eigenvalue weighted by Crippen LogP contribution is -2.31. The van der Waals surface area contributed by atoms with Crippen LogP contribution in [0.5, 0.6) is 23.0 Å². The summed E-state index contributed by atoms with van der Waals surface area (Å²) < 4.78 is 44.0. The predicted molar refractivity (Wildman–Crippen MR) is 139 cm³/mol. The van der Waals surface area contributed by atoms with Crippen LogP contribution in [0.1, 0.15) is 12.0 Å². The lowest BCUT2D eigenvalue weighted by atomic mass is 10.1. The first kappa shape index (κ1) is 27.3. The number of aliphatic carboxylic acids is 1. The van der Waals surface area contributed by atoms with Crippen molar-refractivity contribution in [2.24, 2.45) is 5.73 Å². The lowest BCUT2D eigenvalue weighted by molar-refractivity contribution is -0.138. The topological polar surface area (TPSA) is 133 Å². The van der Waals surface area contributed by atoms with Gasteiger partial charge in [0.1, 0.15) is 29.2 Å². The van der Waals surface area contributed by atoms with Crippen LogP contribution in [0.4, 0.5) is 14.5 Å². The summed E-state index contributed by atoms with van der Waals surface area (Å²) in [6, 6.07) is 13.7. The van der Waals surface area contributed by atoms with Gasteiger partial charge >= 0.3 is 5.97 Å². The summed E-state index contributed by atoms with van der Waals surface area (Å²) in [6.07, 6.45) is 1.67. The number of nitrogens with zero attached hydrogens (tertiary/aromatic N) is 1. The van der Waals surface area contributed by atoms with E-state index in [9.17, 15) is 18.4 Å². The number of amides is 1. The average Bonchev–Trinajstić information content (AvgIpc) is 2.91. The van der Waals surface area contributed by atoms with Crippen LogP contribution in [0.15, 0.2) is 66.9 Å². The Morgan fingerprint density at radius 3 is 2.49 bits per heavy atom. The van der Waals surface area contributed by atoms with Crippen molar-refractivity contribution >= 4 is 28.5 Å². The van der Waals surface area contributed by atoms with Gasteiger partial charge in [-0.3, -0.25) is 14.6 Å². The number of aromatic nitrogens is 1. The van der Waals surface area contributed by atoms with Gasteiger partial charge in [-0.15, -0.1) is 0 Å². The van der Waals surface area contributed by atoms with Crippen LogP contribution in [0.25, 0.3) is 10.9 Å². The first-order valence-corrected chi connectivity index (χ1v) is 11.8. The van der Waals surface area contributed by atoms with Gasteiger partial charge in [0.15, 0.2) is 11.5 Å². The maximum Gasteiger partial charge on any atom is 0.320 e. The number of carboxylic acids is 1. The standard InChI is InChI=1S/C28H25F2N3O6/c1-37-25-14-19-23(15-26(25)38-11-9-21(31)28(35)36)32-10-8-24(19)39-18-5-2-16(3-6-18)12-27(34)33-22-7-4-17(29)13-20(22)30/h2-8,10,13-15,21H,9,11-12,31H2,1H3,(H,33,34)(H,35,36)/t21-/m0/s1. The molecule has 1 aromatic heterocycles. The zero-order valence-electron chi connectivity index (χ0n) is 20.8. The molecule has 0 saturated heterocycles. The monoisotopic (exact) mass is 537 g/mol. The zero-order valence-corrected chi connectivity index (χ0v) is 20.8. The van der Waals surface area contributed by atoms with E-state index < -0.39 is 29.6 Å². The van der Waals surface area contributed by atoms with E-state index in [4.69, 9.17) is 25.1 Å². The molecule has 1 amide bonds. The summed E-state index contributed by atoms with van der Waals surface area (Å²) in [5.74, 6) is -1.36. The van der Waals surface area contributed by atoms with Gasteiger partial charge in [-0.25, -0.2) is 8.78 Å². The number of anilines is 1. The zero-order chi connectivity index (χ0) is 27.9. The Balaban J connectivity index is 1.44. The Kier molecular flexibility index (Phi) is 8.52. The van der Waals surface area contributed by atoms with Gasteiger partial charge < -0.3 is 30.4 Å². The highest BCUT2D eigenvalue weighted by Gasteiger charge is 2.15. The summed E-state index contributed by atoms with van der Waals surface area (Å²) >= 11 is 0. The van der Waals surface area contributed by atoms with E-state index in [0.29, 0.717) is 45.5 Å². The van der Waals surface area contributed by atoms with Crippen molar-refractivity contribution in [3.8, 4) is 23.0 Å². The van der Waals surface area contributed by atoms with Crippen LogP contribution in [0.3, 0.4) is 0 Å². The molecule has 0 spiro atoms. The van der Waals surface area contributed by atoms with Gasteiger partial charge in [-0.2, -0.15) is 0 Å². The van der Waals surface area contributed by atoms with Gasteiger partial charge in [0.05, 0.1) is 31.3 Å². The number of fused-ring (bicyclic) bond motifs is 1. The molecule has 3 aromatic carbocycles. The molecule has 0 bridgehead atoms. The Hall–Kier alpha value is -4.77. The molecule has 4 N–H and O–H groups in total. The number of nitrogens with two attached hydrogens (primary N) is 1. The van der Waals surface area contributed by atoms with Crippen LogP contribution >= 0.6 is 0 Å². The fourth-order valence-corrected chi connectivity index (χ4v) is 3.68. The van der Waals surface area contributed by atoms with Crippen molar-refractivity contribution < 1.29 is 37.7 Å². The van der Waals surface area contributed by atoms with E-state index in [1.54, 1.807) is 48.7 Å². The molecular weight excluding hydrogens is 512 g/mol. The molecule has 1 heterocycles. The highest BCUT2D eigenvalue weighted by Crippen LogP contribution is 2.37. The molecular formula is C28H25F2N3O6. The van der Waals surface area contributed by atoms with E-state index in [2.05, 4.69) is 10.3 Å². The van der Waals surface area contributed by atoms with Crippen molar-refractivity contribution in [3.63, 3.8) is 0 Å². The Labute approximate surface area is 222 Å². The van der Waals surface area contributed by atoms with Gasteiger partial charge in [-0.05, 0) is 42.0 Å². The number of methoxy groups -OCH3 is 1. The van der Waals surface area contributed by atoms with Crippen molar-refractivity contribution in [1.82, 2.24) is 4.98 Å². The Morgan fingerprint density at radius 2 is 1.79 bits per heavy atom. The summed E-state index contributed by atoms with van der Waals surface area (Å²) in [5, 5.41) is 12.0. The van der Waals surface area contributed by atoms with Crippen LogP contribution in [0, 0.1) is 11.6 Å². The van der Waals surface area contributed by atoms with E-state index in [0.717, 1.165) is 12.1 Å². The quantitative estimate of drug-likeness (QED) is 0.251. The molecule has 0 saturated carbocycles. The second-order valence-electron chi connectivity index (χ2n) is 8.51. The Morgan fingerprint density at radius 1 is 1.03 bits per heavy atom. The number of carbonyl (C=O) groups is 2. The van der Waals surface area contributed by atoms with Gasteiger partial charge in [0, 0.05) is 30.1 Å². The smallest absolute Gasteiger partial charge is 0.320 e. The third kappa shape index (κ3) is 6.96. The number of carboxylic acid groups (broad SMARTS) is 1. The van der Waals surface area contributed by atoms with Gasteiger partial charge in [-0.1, -0.05) is 12.1 Å². The molecule has 0 aliphatic heterocycles. The maximum atomic E-state index is 13.8. The number of rotatable bonds is 11. The highest BCUT2D eigenvalue weighted by molar-refractivity contribution is 5.92. The molecule has 4 aromatic rings. The second kappa shape index (κ2) is 12.2. The molecule has 39 heavy (non-hydrogen) atoms. The molecule has 11 heteroatoms. The molecule has 0 radical (unpaired) electrons. The molecule has 0 unspecified atom stereocenters. The maximum absolute atomic E-state index is 13.8. The minimum atomic E-state index is -1.11. The van der Waals surface area contributed by atoms with E-state index in [1.165, 1.54) is 7.11 Å². The molecule has 1 atom stereocenters. The fraction of sp³-hybridized carbons (Fsp3) is 0.179. The highest BCUT2D eigenvalue weighted by atomic mass is 19.1. The first-order chi connectivity index (χ1) is 18.7.